The van der Waals surface area contributed by atoms with Crippen LogP contribution in [0.15, 0.2) is 48.5 Å². The first-order valence-electron chi connectivity index (χ1n) is 13.6. The normalized spacial score (nSPS) is 18.7. The summed E-state index contributed by atoms with van der Waals surface area (Å²) >= 11 is 0. The number of phenols is 1. The van der Waals surface area contributed by atoms with Gasteiger partial charge in [0.1, 0.15) is 17.7 Å². The summed E-state index contributed by atoms with van der Waals surface area (Å²) in [6.07, 6.45) is -11.7. The zero-order chi connectivity index (χ0) is 32.0. The fourth-order valence-electron chi connectivity index (χ4n) is 5.19. The maximum absolute atomic E-state index is 13.5. The van der Waals surface area contributed by atoms with Gasteiger partial charge in [-0.3, -0.25) is 9.69 Å². The Hall–Kier alpha value is -4.49. The van der Waals surface area contributed by atoms with Gasteiger partial charge < -0.3 is 19.5 Å². The van der Waals surface area contributed by atoms with Crippen LogP contribution in [-0.4, -0.2) is 53.3 Å². The number of benzene rings is 2. The molecule has 234 valence electrons. The smallest absolute Gasteiger partial charge is 0.416 e. The van der Waals surface area contributed by atoms with E-state index in [0.29, 0.717) is 40.3 Å². The van der Waals surface area contributed by atoms with E-state index in [4.69, 9.17) is 14.5 Å². The van der Waals surface area contributed by atoms with Crippen LogP contribution >= 0.6 is 0 Å². The predicted octanol–water partition coefficient (Wildman–Crippen LogP) is 6.50. The van der Waals surface area contributed by atoms with Gasteiger partial charge in [-0.05, 0) is 66.9 Å². The number of hydrogen-bond acceptors (Lipinski definition) is 7. The summed E-state index contributed by atoms with van der Waals surface area (Å²) in [5.74, 6) is -0.0577. The van der Waals surface area contributed by atoms with E-state index in [1.807, 2.05) is 4.90 Å². The van der Waals surface area contributed by atoms with Crippen molar-refractivity contribution in [3.63, 3.8) is 0 Å². The molecule has 0 radical (unpaired) electrons. The van der Waals surface area contributed by atoms with E-state index in [0.717, 1.165) is 19.5 Å². The highest BCUT2D eigenvalue weighted by Gasteiger charge is 2.43. The summed E-state index contributed by atoms with van der Waals surface area (Å²) in [6.45, 7) is 2.70. The average Bonchev–Trinajstić information content (AvgIpc) is 3.20. The molecule has 1 aromatic heterocycles. The molecule has 0 bridgehead atoms. The molecule has 0 unspecified atom stereocenters. The van der Waals surface area contributed by atoms with Crippen molar-refractivity contribution in [2.45, 2.75) is 50.8 Å². The molecule has 14 heteroatoms. The van der Waals surface area contributed by atoms with Crippen LogP contribution in [0, 0.1) is 0 Å². The molecule has 5 rings (SSSR count). The van der Waals surface area contributed by atoms with Crippen LogP contribution in [0.1, 0.15) is 47.4 Å². The van der Waals surface area contributed by atoms with Crippen LogP contribution in [0.5, 0.6) is 5.75 Å². The molecular formula is C30H27F6N3O5. The number of aromatic hydroxyl groups is 1. The van der Waals surface area contributed by atoms with E-state index in [1.165, 1.54) is 25.0 Å². The lowest BCUT2D eigenvalue weighted by Crippen LogP contribution is -2.38. The van der Waals surface area contributed by atoms with Crippen molar-refractivity contribution in [2.24, 2.45) is 0 Å². The van der Waals surface area contributed by atoms with Gasteiger partial charge in [-0.15, -0.1) is 0 Å². The number of nitrogens with zero attached hydrogens (tertiary/aromatic N) is 3. The highest BCUT2D eigenvalue weighted by molar-refractivity contribution is 5.78. The fraction of sp³-hybridized carbons (Fsp3) is 0.367. The first-order valence-corrected chi connectivity index (χ1v) is 13.6. The second kappa shape index (κ2) is 11.5. The molecular weight excluding hydrogens is 596 g/mol. The summed E-state index contributed by atoms with van der Waals surface area (Å²) in [5.41, 5.74) is -1.96. The molecule has 2 aromatic carbocycles. The monoisotopic (exact) mass is 623 g/mol. The summed E-state index contributed by atoms with van der Waals surface area (Å²) in [6, 6.07) is 8.07. The first kappa shape index (κ1) is 31.0. The van der Waals surface area contributed by atoms with Crippen LogP contribution in [0.4, 0.5) is 37.0 Å². The number of cyclic esters (lactones) is 1. The van der Waals surface area contributed by atoms with Crippen molar-refractivity contribution in [3.8, 4) is 16.9 Å². The van der Waals surface area contributed by atoms with Crippen molar-refractivity contribution < 1.29 is 50.5 Å². The fourth-order valence-corrected chi connectivity index (χ4v) is 5.19. The molecule has 2 fully saturated rings. The van der Waals surface area contributed by atoms with E-state index in [-0.39, 0.29) is 24.8 Å². The third-order valence-electron chi connectivity index (χ3n) is 7.72. The SMILES string of the molecule is COC(=O)Cc1ccc(O)c(-c2ccc(N3CCC3)nc2CN2C(=O)O[C@H](c3cc(C(F)(F)F)cc(C(F)(F)F)c3)[C@@H]2C)c1. The number of alkyl halides is 6. The second-order valence-electron chi connectivity index (χ2n) is 10.6. The topological polar surface area (TPSA) is 92.2 Å². The number of carbonyl (C=O) groups is 2. The Labute approximate surface area is 247 Å². The number of aromatic nitrogens is 1. The molecule has 2 aliphatic rings. The summed E-state index contributed by atoms with van der Waals surface area (Å²) in [7, 11) is 1.24. The molecule has 3 aromatic rings. The van der Waals surface area contributed by atoms with Gasteiger partial charge in [0.2, 0.25) is 0 Å². The van der Waals surface area contributed by atoms with E-state index >= 15 is 0 Å². The number of pyridine rings is 1. The quantitative estimate of drug-likeness (QED) is 0.237. The van der Waals surface area contributed by atoms with Crippen LogP contribution in [0.25, 0.3) is 11.1 Å². The number of anilines is 1. The number of hydrogen-bond donors (Lipinski definition) is 1. The van der Waals surface area contributed by atoms with Crippen molar-refractivity contribution >= 4 is 17.9 Å². The standard InChI is InChI=1S/C30H27F6N3O5/c1-16-27(18-12-19(29(31,32)33)14-20(13-18)30(34,35)36)44-28(42)39(16)15-23-21(5-7-25(37-23)38-8-3-9-38)22-10-17(4-6-24(22)40)11-26(41)43-2/h4-7,10,12-14,16,27,40H,3,8-9,11,15H2,1-2H3/t16-,27-/m0/s1. The van der Waals surface area contributed by atoms with Crippen molar-refractivity contribution in [1.82, 2.24) is 9.88 Å². The Bertz CT molecular complexity index is 1560. The lowest BCUT2D eigenvalue weighted by atomic mass is 9.96. The zero-order valence-electron chi connectivity index (χ0n) is 23.5. The molecule has 0 saturated carbocycles. The van der Waals surface area contributed by atoms with Crippen LogP contribution < -0.4 is 4.90 Å². The van der Waals surface area contributed by atoms with Crippen LogP contribution in [-0.2, 0) is 39.6 Å². The Balaban J connectivity index is 1.52. The number of amides is 1. The van der Waals surface area contributed by atoms with Crippen LogP contribution in [0.3, 0.4) is 0 Å². The van der Waals surface area contributed by atoms with E-state index in [1.54, 1.807) is 24.3 Å². The largest absolute Gasteiger partial charge is 0.507 e. The van der Waals surface area contributed by atoms with E-state index < -0.39 is 53.3 Å². The molecule has 8 nitrogen and oxygen atoms in total. The molecule has 44 heavy (non-hydrogen) atoms. The Morgan fingerprint density at radius 2 is 1.66 bits per heavy atom. The Morgan fingerprint density at radius 1 is 1.00 bits per heavy atom. The number of carbonyl (C=O) groups excluding carboxylic acids is 2. The van der Waals surface area contributed by atoms with Gasteiger partial charge in [0, 0.05) is 24.2 Å². The predicted molar refractivity (Wildman–Crippen MR) is 145 cm³/mol. The highest BCUT2D eigenvalue weighted by Crippen LogP contribution is 2.42. The van der Waals surface area contributed by atoms with Gasteiger partial charge in [-0.1, -0.05) is 6.07 Å². The number of ether oxygens (including phenoxy) is 2. The third kappa shape index (κ3) is 6.24. The second-order valence-corrected chi connectivity index (χ2v) is 10.6. The van der Waals surface area contributed by atoms with E-state index in [9.17, 15) is 41.0 Å². The molecule has 2 saturated heterocycles. The van der Waals surface area contributed by atoms with Crippen molar-refractivity contribution in [3.05, 3.63) is 76.5 Å². The minimum atomic E-state index is -5.07. The summed E-state index contributed by atoms with van der Waals surface area (Å²) in [5, 5.41) is 10.7. The summed E-state index contributed by atoms with van der Waals surface area (Å²) < 4.78 is 91.1. The van der Waals surface area contributed by atoms with Crippen molar-refractivity contribution in [2.75, 3.05) is 25.1 Å². The van der Waals surface area contributed by atoms with Crippen molar-refractivity contribution in [1.29, 1.82) is 0 Å². The molecule has 3 heterocycles. The Morgan fingerprint density at radius 3 is 2.23 bits per heavy atom. The number of esters is 1. The zero-order valence-corrected chi connectivity index (χ0v) is 23.5. The van der Waals surface area contributed by atoms with Gasteiger partial charge in [0.05, 0.1) is 42.9 Å². The minimum absolute atomic E-state index is 0.0149. The average molecular weight is 624 g/mol. The van der Waals surface area contributed by atoms with Gasteiger partial charge in [0.15, 0.2) is 0 Å². The highest BCUT2D eigenvalue weighted by atomic mass is 19.4. The van der Waals surface area contributed by atoms with Gasteiger partial charge in [-0.25, -0.2) is 9.78 Å². The lowest BCUT2D eigenvalue weighted by Gasteiger charge is -2.33. The number of rotatable bonds is 7. The van der Waals surface area contributed by atoms with Gasteiger partial charge in [0.25, 0.3) is 0 Å². The molecule has 2 atom stereocenters. The van der Waals surface area contributed by atoms with Gasteiger partial charge in [-0.2, -0.15) is 26.3 Å². The van der Waals surface area contributed by atoms with Gasteiger partial charge >= 0.3 is 24.4 Å². The van der Waals surface area contributed by atoms with Crippen LogP contribution in [0.2, 0.25) is 0 Å². The first-order chi connectivity index (χ1) is 20.7. The minimum Gasteiger partial charge on any atom is -0.507 e. The number of halogens is 6. The Kier molecular flexibility index (Phi) is 8.12. The number of methoxy groups -OCH3 is 1. The molecule has 0 aliphatic carbocycles. The maximum Gasteiger partial charge on any atom is 0.416 e. The van der Waals surface area contributed by atoms with E-state index in [2.05, 4.69) is 0 Å². The molecule has 1 amide bonds. The summed E-state index contributed by atoms with van der Waals surface area (Å²) in [4.78, 5) is 32.8. The molecule has 1 N–H and O–H groups in total. The molecule has 2 aliphatic heterocycles. The third-order valence-corrected chi connectivity index (χ3v) is 7.72. The lowest BCUT2D eigenvalue weighted by molar-refractivity contribution is -0.143. The maximum atomic E-state index is 13.5. The molecule has 0 spiro atoms. The number of phenolic OH excluding ortho intramolecular Hbond substituents is 1.